The highest BCUT2D eigenvalue weighted by atomic mass is 32.1. The number of hydrogen-bond acceptors (Lipinski definition) is 6. The van der Waals surface area contributed by atoms with E-state index < -0.39 is 5.91 Å². The fourth-order valence-corrected chi connectivity index (χ4v) is 2.58. The number of para-hydroxylation sites is 1. The second kappa shape index (κ2) is 7.38. The average molecular weight is 301 g/mol. The van der Waals surface area contributed by atoms with Crippen LogP contribution in [0.15, 0.2) is 35.7 Å². The van der Waals surface area contributed by atoms with Gasteiger partial charge in [0.2, 0.25) is 0 Å². The van der Waals surface area contributed by atoms with E-state index in [-0.39, 0.29) is 0 Å². The first kappa shape index (κ1) is 15.0. The summed E-state index contributed by atoms with van der Waals surface area (Å²) in [6, 6.07) is 12.0. The summed E-state index contributed by atoms with van der Waals surface area (Å²) in [6.45, 7) is 1.15. The van der Waals surface area contributed by atoms with E-state index in [9.17, 15) is 4.79 Å². The summed E-state index contributed by atoms with van der Waals surface area (Å²) in [5.74, 6) is 4.70. The van der Waals surface area contributed by atoms with Crippen LogP contribution in [0.4, 0.5) is 5.69 Å². The maximum Gasteiger partial charge on any atom is 0.294 e. The average Bonchev–Trinajstić information content (AvgIpc) is 3.00. The fraction of sp³-hybridized carbons (Fsp3) is 0.214. The Morgan fingerprint density at radius 3 is 2.86 bits per heavy atom. The van der Waals surface area contributed by atoms with Gasteiger partial charge in [-0.1, -0.05) is 18.2 Å². The first-order chi connectivity index (χ1) is 10.2. The molecule has 0 aliphatic rings. The molecule has 0 aliphatic carbocycles. The summed E-state index contributed by atoms with van der Waals surface area (Å²) < 4.78 is 0. The van der Waals surface area contributed by atoms with Gasteiger partial charge >= 0.3 is 0 Å². The smallest absolute Gasteiger partial charge is 0.294 e. The number of nitrogen functional groups attached to an aromatic ring is 1. The number of nitrogens with two attached hydrogens (primary N) is 1. The summed E-state index contributed by atoms with van der Waals surface area (Å²) in [6.07, 6.45) is 0.426. The van der Waals surface area contributed by atoms with E-state index >= 15 is 0 Å². The summed E-state index contributed by atoms with van der Waals surface area (Å²) in [7, 11) is 0. The van der Waals surface area contributed by atoms with Crippen LogP contribution in [-0.4, -0.2) is 17.4 Å². The van der Waals surface area contributed by atoms with Crippen LogP contribution in [0.3, 0.4) is 0 Å². The molecule has 2 rings (SSSR count). The van der Waals surface area contributed by atoms with Crippen LogP contribution >= 0.6 is 11.3 Å². The van der Waals surface area contributed by atoms with Crippen molar-refractivity contribution in [3.8, 4) is 6.07 Å². The molecule has 0 unspecified atom stereocenters. The van der Waals surface area contributed by atoms with Crippen molar-refractivity contribution < 1.29 is 4.79 Å². The summed E-state index contributed by atoms with van der Waals surface area (Å²) in [5.41, 5.74) is 3.86. The minimum Gasteiger partial charge on any atom is -0.365 e. The number of benzene rings is 1. The highest BCUT2D eigenvalue weighted by molar-refractivity contribution is 7.11. The van der Waals surface area contributed by atoms with Gasteiger partial charge in [0, 0.05) is 17.6 Å². The van der Waals surface area contributed by atoms with Crippen LogP contribution in [0.25, 0.3) is 0 Å². The van der Waals surface area contributed by atoms with Gasteiger partial charge in [-0.25, -0.2) is 10.8 Å². The van der Waals surface area contributed by atoms with Crippen LogP contribution in [0, 0.1) is 11.3 Å². The molecule has 7 heteroatoms. The van der Waals surface area contributed by atoms with E-state index in [0.29, 0.717) is 24.5 Å². The maximum absolute atomic E-state index is 11.4. The van der Waals surface area contributed by atoms with Crippen LogP contribution in [-0.2, 0) is 6.54 Å². The van der Waals surface area contributed by atoms with Crippen LogP contribution in [0.2, 0.25) is 0 Å². The van der Waals surface area contributed by atoms with Gasteiger partial charge in [-0.15, -0.1) is 11.3 Å². The number of nitrogens with one attached hydrogen (secondary N) is 1. The minimum atomic E-state index is -0.394. The molecule has 6 nitrogen and oxygen atoms in total. The number of carbonyl (C=O) groups is 1. The Morgan fingerprint density at radius 1 is 1.43 bits per heavy atom. The van der Waals surface area contributed by atoms with Crippen molar-refractivity contribution in [3.63, 3.8) is 0 Å². The molecule has 0 atom stereocenters. The lowest BCUT2D eigenvalue weighted by Crippen LogP contribution is -2.30. The zero-order valence-corrected chi connectivity index (χ0v) is 12.1. The monoisotopic (exact) mass is 301 g/mol. The van der Waals surface area contributed by atoms with Crippen LogP contribution < -0.4 is 16.2 Å². The molecule has 0 saturated carbocycles. The van der Waals surface area contributed by atoms with Gasteiger partial charge in [0.05, 0.1) is 24.7 Å². The van der Waals surface area contributed by atoms with Gasteiger partial charge in [0.1, 0.15) is 0 Å². The number of thiazole rings is 1. The Kier molecular flexibility index (Phi) is 5.26. The lowest BCUT2D eigenvalue weighted by Gasteiger charge is -2.22. The zero-order chi connectivity index (χ0) is 15.1. The SMILES string of the molecule is N#CCCN(Cc1csc(C(=O)NN)n1)c1ccccc1. The van der Waals surface area contributed by atoms with Crippen LogP contribution in [0.5, 0.6) is 0 Å². The third-order valence-electron chi connectivity index (χ3n) is 2.84. The van der Waals surface area contributed by atoms with E-state index in [0.717, 1.165) is 11.4 Å². The second-order valence-corrected chi connectivity index (χ2v) is 5.14. The van der Waals surface area contributed by atoms with Crippen molar-refractivity contribution in [2.45, 2.75) is 13.0 Å². The van der Waals surface area contributed by atoms with Gasteiger partial charge in [-0.3, -0.25) is 10.2 Å². The standard InChI is InChI=1S/C14H15N5OS/c15-7-4-8-19(12-5-2-1-3-6-12)9-11-10-21-14(17-11)13(20)18-16/h1-3,5-6,10H,4,8-9,16H2,(H,18,20). The number of hydrazine groups is 1. The molecule has 0 fully saturated rings. The van der Waals surface area contributed by atoms with Crippen LogP contribution in [0.1, 0.15) is 21.9 Å². The topological polar surface area (TPSA) is 95.0 Å². The summed E-state index contributed by atoms with van der Waals surface area (Å²) >= 11 is 1.25. The lowest BCUT2D eigenvalue weighted by atomic mass is 10.2. The molecule has 3 N–H and O–H groups in total. The molecular weight excluding hydrogens is 286 g/mol. The molecule has 108 valence electrons. The lowest BCUT2D eigenvalue weighted by molar-refractivity contribution is 0.0953. The molecule has 0 saturated heterocycles. The van der Waals surface area contributed by atoms with E-state index in [4.69, 9.17) is 11.1 Å². The third-order valence-corrected chi connectivity index (χ3v) is 3.73. The maximum atomic E-state index is 11.4. The molecule has 1 aromatic heterocycles. The highest BCUT2D eigenvalue weighted by Gasteiger charge is 2.13. The third kappa shape index (κ3) is 4.02. The summed E-state index contributed by atoms with van der Waals surface area (Å²) in [5, 5.41) is 10.9. The molecule has 0 bridgehead atoms. The zero-order valence-electron chi connectivity index (χ0n) is 11.3. The summed E-state index contributed by atoms with van der Waals surface area (Å²) in [4.78, 5) is 17.7. The van der Waals surface area contributed by atoms with Gasteiger partial charge in [0.25, 0.3) is 5.91 Å². The number of carbonyl (C=O) groups excluding carboxylic acids is 1. The molecule has 0 aliphatic heterocycles. The molecule has 2 aromatic rings. The van der Waals surface area contributed by atoms with Gasteiger partial charge in [-0.05, 0) is 12.1 Å². The fourth-order valence-electron chi connectivity index (χ4n) is 1.86. The first-order valence-corrected chi connectivity index (χ1v) is 7.25. The second-order valence-electron chi connectivity index (χ2n) is 4.28. The van der Waals surface area contributed by atoms with Crippen molar-refractivity contribution in [2.75, 3.05) is 11.4 Å². The van der Waals surface area contributed by atoms with Crippen molar-refractivity contribution >= 4 is 22.9 Å². The Bertz CT molecular complexity index is 634. The Hall–Kier alpha value is -2.43. The van der Waals surface area contributed by atoms with E-state index in [1.165, 1.54) is 11.3 Å². The van der Waals surface area contributed by atoms with Gasteiger partial charge in [-0.2, -0.15) is 5.26 Å². The normalized spacial score (nSPS) is 9.90. The van der Waals surface area contributed by atoms with Gasteiger partial charge < -0.3 is 4.90 Å². The van der Waals surface area contributed by atoms with E-state index in [2.05, 4.69) is 21.4 Å². The number of hydrogen-bond donors (Lipinski definition) is 2. The largest absolute Gasteiger partial charge is 0.365 e. The quantitative estimate of drug-likeness (QED) is 0.481. The molecular formula is C14H15N5OS. The van der Waals surface area contributed by atoms with Crippen molar-refractivity contribution in [1.82, 2.24) is 10.4 Å². The Morgan fingerprint density at radius 2 is 2.19 bits per heavy atom. The molecule has 0 spiro atoms. The van der Waals surface area contributed by atoms with E-state index in [1.807, 2.05) is 35.7 Å². The van der Waals surface area contributed by atoms with Crippen molar-refractivity contribution in [1.29, 1.82) is 5.26 Å². The molecule has 1 amide bonds. The number of amides is 1. The number of rotatable bonds is 6. The predicted molar refractivity (Wildman–Crippen MR) is 81.5 cm³/mol. The number of nitrogens with zero attached hydrogens (tertiary/aromatic N) is 3. The van der Waals surface area contributed by atoms with Crippen molar-refractivity contribution in [2.24, 2.45) is 5.84 Å². The minimum absolute atomic E-state index is 0.334. The Balaban J connectivity index is 2.13. The van der Waals surface area contributed by atoms with Crippen molar-refractivity contribution in [3.05, 3.63) is 46.4 Å². The molecule has 1 aromatic carbocycles. The molecule has 21 heavy (non-hydrogen) atoms. The van der Waals surface area contributed by atoms with Gasteiger partial charge in [0.15, 0.2) is 5.01 Å². The first-order valence-electron chi connectivity index (χ1n) is 6.37. The number of aromatic nitrogens is 1. The predicted octanol–water partition coefficient (Wildman–Crippen LogP) is 1.67. The number of anilines is 1. The Labute approximate surface area is 126 Å². The molecule has 0 radical (unpaired) electrons. The van der Waals surface area contributed by atoms with E-state index in [1.54, 1.807) is 0 Å². The highest BCUT2D eigenvalue weighted by Crippen LogP contribution is 2.18. The number of nitriles is 1. The molecule has 1 heterocycles.